The van der Waals surface area contributed by atoms with Crippen molar-refractivity contribution >= 4 is 15.9 Å². The number of ether oxygens (including phenoxy) is 1. The Hall–Kier alpha value is -0.540. The summed E-state index contributed by atoms with van der Waals surface area (Å²) in [5.41, 5.74) is 1.31. The fourth-order valence-corrected chi connectivity index (χ4v) is 2.31. The van der Waals surface area contributed by atoms with Gasteiger partial charge in [-0.3, -0.25) is 0 Å². The molecular formula is C16H26BrNO. The normalized spacial score (nSPS) is 11.9. The van der Waals surface area contributed by atoms with Gasteiger partial charge in [0.2, 0.25) is 0 Å². The van der Waals surface area contributed by atoms with E-state index in [-0.39, 0.29) is 11.6 Å². The van der Waals surface area contributed by atoms with Crippen LogP contribution in [0.25, 0.3) is 0 Å². The highest BCUT2D eigenvalue weighted by Crippen LogP contribution is 2.31. The molecule has 0 atom stereocenters. The van der Waals surface area contributed by atoms with Gasteiger partial charge >= 0.3 is 0 Å². The molecule has 0 saturated carbocycles. The summed E-state index contributed by atoms with van der Waals surface area (Å²) >= 11 is 3.60. The zero-order valence-electron chi connectivity index (χ0n) is 12.7. The zero-order valence-corrected chi connectivity index (χ0v) is 14.3. The van der Waals surface area contributed by atoms with E-state index < -0.39 is 0 Å². The maximum Gasteiger partial charge on any atom is 0.138 e. The van der Waals surface area contributed by atoms with Crippen molar-refractivity contribution in [2.24, 2.45) is 0 Å². The van der Waals surface area contributed by atoms with Gasteiger partial charge in [0.05, 0.1) is 10.6 Å². The highest BCUT2D eigenvalue weighted by molar-refractivity contribution is 9.10. The molecule has 0 aliphatic rings. The molecule has 0 aromatic heterocycles. The van der Waals surface area contributed by atoms with Gasteiger partial charge in [-0.05, 0) is 55.6 Å². The fraction of sp³-hybridized carbons (Fsp3) is 0.625. The molecule has 3 heteroatoms. The van der Waals surface area contributed by atoms with Crippen LogP contribution in [-0.2, 0) is 6.54 Å². The highest BCUT2D eigenvalue weighted by Gasteiger charge is 2.15. The highest BCUT2D eigenvalue weighted by atomic mass is 79.9. The molecule has 2 nitrogen and oxygen atoms in total. The number of benzene rings is 1. The van der Waals surface area contributed by atoms with Crippen molar-refractivity contribution in [2.75, 3.05) is 0 Å². The van der Waals surface area contributed by atoms with Gasteiger partial charge in [0.15, 0.2) is 0 Å². The smallest absolute Gasteiger partial charge is 0.138 e. The lowest BCUT2D eigenvalue weighted by molar-refractivity contribution is 0.189. The molecule has 108 valence electrons. The van der Waals surface area contributed by atoms with Crippen molar-refractivity contribution in [3.05, 3.63) is 28.2 Å². The molecule has 0 unspecified atom stereocenters. The molecular weight excluding hydrogens is 302 g/mol. The van der Waals surface area contributed by atoms with Crippen LogP contribution in [0, 0.1) is 0 Å². The minimum atomic E-state index is 0.106. The van der Waals surface area contributed by atoms with Crippen molar-refractivity contribution < 1.29 is 4.74 Å². The third-order valence-corrected chi connectivity index (χ3v) is 3.68. The average Bonchev–Trinajstić information content (AvgIpc) is 2.34. The minimum Gasteiger partial charge on any atom is -0.489 e. The number of para-hydroxylation sites is 1. The van der Waals surface area contributed by atoms with Gasteiger partial charge in [0.25, 0.3) is 0 Å². The first kappa shape index (κ1) is 16.5. The lowest BCUT2D eigenvalue weighted by Gasteiger charge is -2.24. The fourth-order valence-electron chi connectivity index (χ4n) is 1.81. The standard InChI is InChI=1S/C16H26BrNO/c1-6-13(7-2)19-15-12(9-8-10-14(15)17)11-18-16(3,4)5/h8-10,13,18H,6-7,11H2,1-5H3. The van der Waals surface area contributed by atoms with E-state index in [1.54, 1.807) is 0 Å². The van der Waals surface area contributed by atoms with E-state index in [0.717, 1.165) is 29.6 Å². The van der Waals surface area contributed by atoms with E-state index in [4.69, 9.17) is 4.74 Å². The Morgan fingerprint density at radius 1 is 1.21 bits per heavy atom. The Balaban J connectivity index is 2.88. The molecule has 0 heterocycles. The van der Waals surface area contributed by atoms with Crippen LogP contribution < -0.4 is 10.1 Å². The quantitative estimate of drug-likeness (QED) is 0.801. The van der Waals surface area contributed by atoms with E-state index in [1.807, 2.05) is 6.07 Å². The van der Waals surface area contributed by atoms with E-state index >= 15 is 0 Å². The monoisotopic (exact) mass is 327 g/mol. The van der Waals surface area contributed by atoms with Gasteiger partial charge in [-0.15, -0.1) is 0 Å². The molecule has 0 amide bonds. The summed E-state index contributed by atoms with van der Waals surface area (Å²) in [6.45, 7) is 11.7. The minimum absolute atomic E-state index is 0.106. The van der Waals surface area contributed by atoms with Crippen molar-refractivity contribution in [1.29, 1.82) is 0 Å². The van der Waals surface area contributed by atoms with Gasteiger partial charge in [-0.2, -0.15) is 0 Å². The Morgan fingerprint density at radius 2 is 1.84 bits per heavy atom. The summed E-state index contributed by atoms with van der Waals surface area (Å²) in [6, 6.07) is 6.23. The predicted molar refractivity (Wildman–Crippen MR) is 85.7 cm³/mol. The molecule has 0 bridgehead atoms. The van der Waals surface area contributed by atoms with Crippen LogP contribution in [0.1, 0.15) is 53.0 Å². The number of hydrogen-bond donors (Lipinski definition) is 1. The van der Waals surface area contributed by atoms with Gasteiger partial charge in [-0.1, -0.05) is 26.0 Å². The zero-order chi connectivity index (χ0) is 14.5. The Morgan fingerprint density at radius 3 is 2.37 bits per heavy atom. The first-order valence-corrected chi connectivity index (χ1v) is 7.85. The lowest BCUT2D eigenvalue weighted by atomic mass is 10.1. The summed E-state index contributed by atoms with van der Waals surface area (Å²) in [7, 11) is 0. The predicted octanol–water partition coefficient (Wildman–Crippen LogP) is 4.90. The molecule has 0 aliphatic heterocycles. The Bertz CT molecular complexity index is 394. The molecule has 1 aromatic carbocycles. The first-order chi connectivity index (χ1) is 8.87. The van der Waals surface area contributed by atoms with E-state index in [2.05, 4.69) is 68.0 Å². The van der Waals surface area contributed by atoms with Crippen molar-refractivity contribution in [2.45, 2.75) is 65.6 Å². The molecule has 0 radical (unpaired) electrons. The molecule has 1 rings (SSSR count). The van der Waals surface area contributed by atoms with E-state index in [9.17, 15) is 0 Å². The average molecular weight is 328 g/mol. The maximum atomic E-state index is 6.15. The maximum absolute atomic E-state index is 6.15. The molecule has 0 aliphatic carbocycles. The third-order valence-electron chi connectivity index (χ3n) is 3.05. The van der Waals surface area contributed by atoms with Crippen LogP contribution in [0.5, 0.6) is 5.75 Å². The van der Waals surface area contributed by atoms with Crippen molar-refractivity contribution in [3.63, 3.8) is 0 Å². The van der Waals surface area contributed by atoms with Gasteiger partial charge in [0.1, 0.15) is 5.75 Å². The second-order valence-electron chi connectivity index (χ2n) is 5.89. The van der Waals surface area contributed by atoms with Crippen molar-refractivity contribution in [1.82, 2.24) is 5.32 Å². The lowest BCUT2D eigenvalue weighted by Crippen LogP contribution is -2.35. The van der Waals surface area contributed by atoms with Crippen LogP contribution in [-0.4, -0.2) is 11.6 Å². The van der Waals surface area contributed by atoms with Crippen LogP contribution in [0.4, 0.5) is 0 Å². The molecule has 0 saturated heterocycles. The molecule has 0 spiro atoms. The van der Waals surface area contributed by atoms with Gasteiger partial charge in [-0.25, -0.2) is 0 Å². The van der Waals surface area contributed by atoms with Crippen LogP contribution >= 0.6 is 15.9 Å². The topological polar surface area (TPSA) is 21.3 Å². The number of nitrogens with one attached hydrogen (secondary N) is 1. The third kappa shape index (κ3) is 5.53. The van der Waals surface area contributed by atoms with Crippen LogP contribution in [0.2, 0.25) is 0 Å². The Labute approximate surface area is 126 Å². The number of hydrogen-bond acceptors (Lipinski definition) is 2. The molecule has 1 aromatic rings. The summed E-state index contributed by atoms with van der Waals surface area (Å²) < 4.78 is 7.19. The second-order valence-corrected chi connectivity index (χ2v) is 6.74. The summed E-state index contributed by atoms with van der Waals surface area (Å²) in [5, 5.41) is 3.51. The van der Waals surface area contributed by atoms with Crippen molar-refractivity contribution in [3.8, 4) is 5.75 Å². The van der Waals surface area contributed by atoms with Crippen LogP contribution in [0.15, 0.2) is 22.7 Å². The summed E-state index contributed by atoms with van der Waals surface area (Å²) in [6.07, 6.45) is 2.35. The van der Waals surface area contributed by atoms with E-state index in [1.165, 1.54) is 5.56 Å². The second kappa shape index (κ2) is 7.30. The van der Waals surface area contributed by atoms with Gasteiger partial charge in [0, 0.05) is 17.6 Å². The number of rotatable bonds is 6. The molecule has 1 N–H and O–H groups in total. The number of halogens is 1. The van der Waals surface area contributed by atoms with Crippen LogP contribution in [0.3, 0.4) is 0 Å². The summed E-state index contributed by atoms with van der Waals surface area (Å²) in [4.78, 5) is 0. The van der Waals surface area contributed by atoms with E-state index in [0.29, 0.717) is 0 Å². The SMILES string of the molecule is CCC(CC)Oc1c(Br)cccc1CNC(C)(C)C. The largest absolute Gasteiger partial charge is 0.489 e. The Kier molecular flexibility index (Phi) is 6.34. The molecule has 19 heavy (non-hydrogen) atoms. The summed E-state index contributed by atoms with van der Waals surface area (Å²) in [5.74, 6) is 0.980. The molecule has 0 fully saturated rings. The van der Waals surface area contributed by atoms with Gasteiger partial charge < -0.3 is 10.1 Å². The first-order valence-electron chi connectivity index (χ1n) is 7.06.